The minimum Gasteiger partial charge on any atom is -0.481 e. The zero-order chi connectivity index (χ0) is 14.6. The molecule has 104 valence electrons. The molecule has 2 atom stereocenters. The summed E-state index contributed by atoms with van der Waals surface area (Å²) in [5.41, 5.74) is 11.5. The van der Waals surface area contributed by atoms with Crippen molar-refractivity contribution < 1.29 is 14.3 Å². The third-order valence-electron chi connectivity index (χ3n) is 2.38. The normalized spacial score (nSPS) is 13.5. The second-order valence-electron chi connectivity index (χ2n) is 4.08. The van der Waals surface area contributed by atoms with Gasteiger partial charge in [-0.25, -0.2) is 4.79 Å². The molecular weight excluding hydrogens is 314 g/mol. The number of hydrogen-bond acceptors (Lipinski definition) is 4. The van der Waals surface area contributed by atoms with Crippen molar-refractivity contribution in [1.82, 2.24) is 5.32 Å². The Morgan fingerprint density at radius 3 is 2.53 bits per heavy atom. The van der Waals surface area contributed by atoms with E-state index in [1.54, 1.807) is 12.1 Å². The third-order valence-corrected chi connectivity index (χ3v) is 2.88. The fourth-order valence-corrected chi connectivity index (χ4v) is 1.83. The van der Waals surface area contributed by atoms with Crippen LogP contribution in [0.15, 0.2) is 22.7 Å². The molecule has 0 radical (unpaired) electrons. The second-order valence-corrected chi connectivity index (χ2v) is 5.00. The van der Waals surface area contributed by atoms with Crippen molar-refractivity contribution in [2.24, 2.45) is 11.5 Å². The number of primary amides is 1. The fourth-order valence-electron chi connectivity index (χ4n) is 1.45. The highest BCUT2D eigenvalue weighted by Crippen LogP contribution is 2.28. The summed E-state index contributed by atoms with van der Waals surface area (Å²) in [5.74, 6) is -0.114. The van der Waals surface area contributed by atoms with Gasteiger partial charge in [-0.05, 0) is 32.0 Å². The number of nitrogens with one attached hydrogen (secondary N) is 1. The highest BCUT2D eigenvalue weighted by molar-refractivity contribution is 9.10. The zero-order valence-corrected chi connectivity index (χ0v) is 12.2. The number of carbonyl (C=O) groups is 2. The molecular formula is C12H16BrN3O3. The molecule has 0 aliphatic heterocycles. The largest absolute Gasteiger partial charge is 0.481 e. The van der Waals surface area contributed by atoms with Crippen molar-refractivity contribution in [1.29, 1.82) is 0 Å². The lowest BCUT2D eigenvalue weighted by Crippen LogP contribution is -2.42. The highest BCUT2D eigenvalue weighted by atomic mass is 79.9. The predicted octanol–water partition coefficient (Wildman–Crippen LogP) is 1.43. The number of ether oxygens (including phenoxy) is 1. The van der Waals surface area contributed by atoms with Crippen molar-refractivity contribution >= 4 is 27.9 Å². The Hall–Kier alpha value is -1.60. The maximum atomic E-state index is 11.5. The SMILES string of the molecule is CC(Oc1ccc(Br)cc1[C@@H](C)N)C(=O)NC(N)=O. The van der Waals surface area contributed by atoms with Crippen molar-refractivity contribution in [3.8, 4) is 5.75 Å². The average Bonchev–Trinajstić information content (AvgIpc) is 2.30. The number of halogens is 1. The first-order chi connectivity index (χ1) is 8.81. The topological polar surface area (TPSA) is 107 Å². The van der Waals surface area contributed by atoms with Crippen LogP contribution in [-0.4, -0.2) is 18.0 Å². The van der Waals surface area contributed by atoms with E-state index >= 15 is 0 Å². The van der Waals surface area contributed by atoms with E-state index in [0.29, 0.717) is 5.75 Å². The van der Waals surface area contributed by atoms with Crippen LogP contribution in [0.4, 0.5) is 4.79 Å². The number of benzene rings is 1. The molecule has 7 heteroatoms. The predicted molar refractivity (Wildman–Crippen MR) is 74.6 cm³/mol. The van der Waals surface area contributed by atoms with Crippen LogP contribution in [0.3, 0.4) is 0 Å². The Morgan fingerprint density at radius 1 is 1.37 bits per heavy atom. The van der Waals surface area contributed by atoms with E-state index < -0.39 is 18.0 Å². The minimum atomic E-state index is -0.913. The van der Waals surface area contributed by atoms with E-state index in [-0.39, 0.29) is 6.04 Å². The van der Waals surface area contributed by atoms with Crippen molar-refractivity contribution in [2.75, 3.05) is 0 Å². The summed E-state index contributed by atoms with van der Waals surface area (Å²) in [5, 5.41) is 1.96. The van der Waals surface area contributed by atoms with Gasteiger partial charge in [0.05, 0.1) is 0 Å². The van der Waals surface area contributed by atoms with Gasteiger partial charge in [0.15, 0.2) is 6.10 Å². The molecule has 6 nitrogen and oxygen atoms in total. The number of rotatable bonds is 4. The Morgan fingerprint density at radius 2 is 2.00 bits per heavy atom. The standard InChI is InChI=1S/C12H16BrN3O3/c1-6(14)9-5-8(13)3-4-10(9)19-7(2)11(17)16-12(15)18/h3-7H,14H2,1-2H3,(H3,15,16,17,18)/t6-,7?/m1/s1. The van der Waals surface area contributed by atoms with Gasteiger partial charge in [0.25, 0.3) is 5.91 Å². The Labute approximate surface area is 119 Å². The van der Waals surface area contributed by atoms with E-state index in [9.17, 15) is 9.59 Å². The van der Waals surface area contributed by atoms with Crippen LogP contribution in [0.2, 0.25) is 0 Å². The second kappa shape index (κ2) is 6.53. The third kappa shape index (κ3) is 4.53. The molecule has 1 aromatic rings. The number of urea groups is 1. The van der Waals surface area contributed by atoms with Gasteiger partial charge in [0.2, 0.25) is 0 Å². The maximum absolute atomic E-state index is 11.5. The molecule has 5 N–H and O–H groups in total. The number of nitrogens with two attached hydrogens (primary N) is 2. The van der Waals surface area contributed by atoms with Gasteiger partial charge < -0.3 is 16.2 Å². The summed E-state index contributed by atoms with van der Waals surface area (Å²) in [6.07, 6.45) is -0.855. The molecule has 0 aromatic heterocycles. The van der Waals surface area contributed by atoms with Gasteiger partial charge in [-0.2, -0.15) is 0 Å². The van der Waals surface area contributed by atoms with Crippen LogP contribution in [0.1, 0.15) is 25.5 Å². The molecule has 0 saturated heterocycles. The fraction of sp³-hybridized carbons (Fsp3) is 0.333. The Bertz CT molecular complexity index is 491. The molecule has 0 aliphatic rings. The first kappa shape index (κ1) is 15.5. The van der Waals surface area contributed by atoms with Crippen LogP contribution in [0.25, 0.3) is 0 Å². The molecule has 0 saturated carbocycles. The molecule has 0 aliphatic carbocycles. The monoisotopic (exact) mass is 329 g/mol. The highest BCUT2D eigenvalue weighted by Gasteiger charge is 2.18. The molecule has 3 amide bonds. The first-order valence-electron chi connectivity index (χ1n) is 5.63. The first-order valence-corrected chi connectivity index (χ1v) is 6.42. The van der Waals surface area contributed by atoms with E-state index in [0.717, 1.165) is 10.0 Å². The lowest BCUT2D eigenvalue weighted by Gasteiger charge is -2.18. The van der Waals surface area contributed by atoms with Crippen molar-refractivity contribution in [2.45, 2.75) is 26.0 Å². The van der Waals surface area contributed by atoms with Gasteiger partial charge in [0, 0.05) is 16.1 Å². The average molecular weight is 330 g/mol. The zero-order valence-electron chi connectivity index (χ0n) is 10.6. The smallest absolute Gasteiger partial charge is 0.318 e. The van der Waals surface area contributed by atoms with E-state index in [1.807, 2.05) is 18.3 Å². The van der Waals surface area contributed by atoms with Gasteiger partial charge >= 0.3 is 6.03 Å². The molecule has 0 heterocycles. The summed E-state index contributed by atoms with van der Waals surface area (Å²) in [6.45, 7) is 3.33. The van der Waals surface area contributed by atoms with Crippen LogP contribution >= 0.6 is 15.9 Å². The molecule has 0 spiro atoms. The van der Waals surface area contributed by atoms with Gasteiger partial charge in [-0.3, -0.25) is 10.1 Å². The molecule has 0 bridgehead atoms. The number of imide groups is 1. The van der Waals surface area contributed by atoms with Crippen LogP contribution in [0, 0.1) is 0 Å². The molecule has 19 heavy (non-hydrogen) atoms. The number of carbonyl (C=O) groups excluding carboxylic acids is 2. The Kier molecular flexibility index (Phi) is 5.31. The minimum absolute atomic E-state index is 0.251. The van der Waals surface area contributed by atoms with Crippen LogP contribution in [-0.2, 0) is 4.79 Å². The summed E-state index contributed by atoms with van der Waals surface area (Å²) < 4.78 is 6.37. The van der Waals surface area contributed by atoms with Crippen molar-refractivity contribution in [3.63, 3.8) is 0 Å². The lowest BCUT2D eigenvalue weighted by atomic mass is 10.1. The van der Waals surface area contributed by atoms with Gasteiger partial charge in [0.1, 0.15) is 5.75 Å². The number of amides is 3. The van der Waals surface area contributed by atoms with Crippen LogP contribution in [0.5, 0.6) is 5.75 Å². The van der Waals surface area contributed by atoms with E-state index in [1.165, 1.54) is 6.92 Å². The maximum Gasteiger partial charge on any atom is 0.318 e. The van der Waals surface area contributed by atoms with E-state index in [2.05, 4.69) is 15.9 Å². The summed E-state index contributed by atoms with van der Waals surface area (Å²) in [6, 6.07) is 4.14. The molecule has 0 fully saturated rings. The van der Waals surface area contributed by atoms with Crippen LogP contribution < -0.4 is 21.5 Å². The molecule has 1 rings (SSSR count). The van der Waals surface area contributed by atoms with Crippen molar-refractivity contribution in [3.05, 3.63) is 28.2 Å². The molecule has 1 aromatic carbocycles. The number of hydrogen-bond donors (Lipinski definition) is 3. The summed E-state index contributed by atoms with van der Waals surface area (Å²) in [7, 11) is 0. The lowest BCUT2D eigenvalue weighted by molar-refractivity contribution is -0.126. The van der Waals surface area contributed by atoms with E-state index in [4.69, 9.17) is 16.2 Å². The summed E-state index contributed by atoms with van der Waals surface area (Å²) in [4.78, 5) is 22.1. The Balaban J connectivity index is 2.87. The molecule has 1 unspecified atom stereocenters. The summed E-state index contributed by atoms with van der Waals surface area (Å²) >= 11 is 3.34. The van der Waals surface area contributed by atoms with Gasteiger partial charge in [-0.15, -0.1) is 0 Å². The van der Waals surface area contributed by atoms with Gasteiger partial charge in [-0.1, -0.05) is 15.9 Å². The quantitative estimate of drug-likeness (QED) is 0.776.